The van der Waals surface area contributed by atoms with Gasteiger partial charge in [-0.2, -0.15) is 0 Å². The maximum absolute atomic E-state index is 11.8. The fourth-order valence-electron chi connectivity index (χ4n) is 2.44. The van der Waals surface area contributed by atoms with Crippen molar-refractivity contribution in [2.24, 2.45) is 0 Å². The van der Waals surface area contributed by atoms with E-state index in [-0.39, 0.29) is 11.9 Å². The zero-order valence-electron chi connectivity index (χ0n) is 12.0. The monoisotopic (exact) mass is 261 g/mol. The van der Waals surface area contributed by atoms with E-state index in [1.54, 1.807) is 6.92 Å². The second-order valence-corrected chi connectivity index (χ2v) is 5.56. The first-order chi connectivity index (χ1) is 9.06. The molecule has 1 atom stereocenters. The van der Waals surface area contributed by atoms with Gasteiger partial charge in [-0.3, -0.25) is 4.79 Å². The second-order valence-electron chi connectivity index (χ2n) is 5.56. The highest BCUT2D eigenvalue weighted by molar-refractivity contribution is 5.80. The van der Waals surface area contributed by atoms with E-state index >= 15 is 0 Å². The van der Waals surface area contributed by atoms with E-state index in [0.717, 1.165) is 12.2 Å². The van der Waals surface area contributed by atoms with Gasteiger partial charge in [-0.05, 0) is 69.7 Å². The van der Waals surface area contributed by atoms with E-state index in [4.69, 9.17) is 4.74 Å². The molecule has 19 heavy (non-hydrogen) atoms. The van der Waals surface area contributed by atoms with E-state index in [1.165, 1.54) is 30.4 Å². The normalized spacial score (nSPS) is 15.8. The van der Waals surface area contributed by atoms with Crippen LogP contribution in [0, 0.1) is 0 Å². The van der Waals surface area contributed by atoms with Gasteiger partial charge in [0, 0.05) is 6.04 Å². The molecule has 0 aliphatic heterocycles. The smallest absolute Gasteiger partial charge is 0.260 e. The summed E-state index contributed by atoms with van der Waals surface area (Å²) in [5, 5.41) is 2.86. The van der Waals surface area contributed by atoms with Crippen molar-refractivity contribution in [2.45, 2.75) is 58.6 Å². The number of carbonyl (C=O) groups is 1. The minimum atomic E-state index is -0.455. The van der Waals surface area contributed by atoms with Gasteiger partial charge >= 0.3 is 0 Å². The summed E-state index contributed by atoms with van der Waals surface area (Å²) in [4.78, 5) is 11.8. The van der Waals surface area contributed by atoms with Crippen LogP contribution in [0.2, 0.25) is 0 Å². The average molecular weight is 261 g/mol. The van der Waals surface area contributed by atoms with Crippen LogP contribution in [0.5, 0.6) is 5.75 Å². The standard InChI is InChI=1S/C16H23NO2/c1-11(2)17-16(18)12(3)19-15-9-8-13-6-4-5-7-14(13)10-15/h8-12H,4-7H2,1-3H3,(H,17,18). The molecular weight excluding hydrogens is 238 g/mol. The summed E-state index contributed by atoms with van der Waals surface area (Å²) < 4.78 is 5.73. The quantitative estimate of drug-likeness (QED) is 0.905. The van der Waals surface area contributed by atoms with E-state index < -0.39 is 6.10 Å². The Kier molecular flexibility index (Phi) is 4.46. The molecule has 0 bridgehead atoms. The Bertz CT molecular complexity index is 454. The molecule has 104 valence electrons. The maximum Gasteiger partial charge on any atom is 0.260 e. The first kappa shape index (κ1) is 13.9. The number of ether oxygens (including phenoxy) is 1. The molecule has 0 heterocycles. The van der Waals surface area contributed by atoms with Crippen LogP contribution in [0.15, 0.2) is 18.2 Å². The molecule has 1 aromatic carbocycles. The molecule has 1 unspecified atom stereocenters. The van der Waals surface area contributed by atoms with Gasteiger partial charge in [0.05, 0.1) is 0 Å². The first-order valence-corrected chi connectivity index (χ1v) is 7.15. The number of benzene rings is 1. The third-order valence-electron chi connectivity index (χ3n) is 3.43. The lowest BCUT2D eigenvalue weighted by atomic mass is 9.92. The fourth-order valence-corrected chi connectivity index (χ4v) is 2.44. The lowest BCUT2D eigenvalue weighted by Crippen LogP contribution is -2.40. The van der Waals surface area contributed by atoms with Gasteiger partial charge < -0.3 is 10.1 Å². The molecule has 1 aliphatic carbocycles. The van der Waals surface area contributed by atoms with E-state index in [0.29, 0.717) is 0 Å². The van der Waals surface area contributed by atoms with Crippen LogP contribution in [0.25, 0.3) is 0 Å². The van der Waals surface area contributed by atoms with Crippen molar-refractivity contribution >= 4 is 5.91 Å². The lowest BCUT2D eigenvalue weighted by molar-refractivity contribution is -0.127. The van der Waals surface area contributed by atoms with Crippen LogP contribution in [0.3, 0.4) is 0 Å². The lowest BCUT2D eigenvalue weighted by Gasteiger charge is -2.19. The van der Waals surface area contributed by atoms with Gasteiger partial charge in [0.15, 0.2) is 6.10 Å². The van der Waals surface area contributed by atoms with Crippen molar-refractivity contribution in [2.75, 3.05) is 0 Å². The molecule has 0 saturated carbocycles. The van der Waals surface area contributed by atoms with Gasteiger partial charge in [-0.25, -0.2) is 0 Å². The van der Waals surface area contributed by atoms with Crippen molar-refractivity contribution < 1.29 is 9.53 Å². The Morgan fingerprint density at radius 3 is 2.53 bits per heavy atom. The molecule has 3 nitrogen and oxygen atoms in total. The Hall–Kier alpha value is -1.51. The van der Waals surface area contributed by atoms with Crippen LogP contribution in [0.1, 0.15) is 44.7 Å². The van der Waals surface area contributed by atoms with E-state index in [2.05, 4.69) is 17.4 Å². The molecule has 1 N–H and O–H groups in total. The SMILES string of the molecule is CC(C)NC(=O)C(C)Oc1ccc2c(c1)CCCC2. The summed E-state index contributed by atoms with van der Waals surface area (Å²) in [5.74, 6) is 0.736. The second kappa shape index (κ2) is 6.09. The highest BCUT2D eigenvalue weighted by atomic mass is 16.5. The predicted octanol–water partition coefficient (Wildman–Crippen LogP) is 2.86. The first-order valence-electron chi connectivity index (χ1n) is 7.15. The highest BCUT2D eigenvalue weighted by Crippen LogP contribution is 2.25. The van der Waals surface area contributed by atoms with Crippen LogP contribution in [-0.2, 0) is 17.6 Å². The molecular formula is C16H23NO2. The molecule has 0 radical (unpaired) electrons. The summed E-state index contributed by atoms with van der Waals surface area (Å²) in [6, 6.07) is 6.34. The zero-order chi connectivity index (χ0) is 13.8. The molecule has 1 amide bonds. The summed E-state index contributed by atoms with van der Waals surface area (Å²) >= 11 is 0. The number of hydrogen-bond donors (Lipinski definition) is 1. The topological polar surface area (TPSA) is 38.3 Å². The Labute approximate surface area is 115 Å². The third kappa shape index (κ3) is 3.72. The largest absolute Gasteiger partial charge is 0.481 e. The van der Waals surface area contributed by atoms with Gasteiger partial charge in [-0.1, -0.05) is 6.07 Å². The molecule has 0 fully saturated rings. The number of hydrogen-bond acceptors (Lipinski definition) is 2. The minimum absolute atomic E-state index is 0.0623. The number of rotatable bonds is 4. The van der Waals surface area contributed by atoms with Crippen LogP contribution < -0.4 is 10.1 Å². The molecule has 0 spiro atoms. The molecule has 0 saturated heterocycles. The molecule has 2 rings (SSSR count). The van der Waals surface area contributed by atoms with Gasteiger partial charge in [0.2, 0.25) is 0 Å². The zero-order valence-corrected chi connectivity index (χ0v) is 12.0. The molecule has 1 aromatic rings. The maximum atomic E-state index is 11.8. The van der Waals surface area contributed by atoms with E-state index in [1.807, 2.05) is 19.9 Å². The van der Waals surface area contributed by atoms with Crippen LogP contribution in [0.4, 0.5) is 0 Å². The number of aryl methyl sites for hydroxylation is 2. The Balaban J connectivity index is 2.01. The fraction of sp³-hybridized carbons (Fsp3) is 0.562. The third-order valence-corrected chi connectivity index (χ3v) is 3.43. The van der Waals surface area contributed by atoms with Gasteiger partial charge in [0.1, 0.15) is 5.75 Å². The Morgan fingerprint density at radius 1 is 1.16 bits per heavy atom. The van der Waals surface area contributed by atoms with Crippen LogP contribution in [-0.4, -0.2) is 18.1 Å². The van der Waals surface area contributed by atoms with Gasteiger partial charge in [0.25, 0.3) is 5.91 Å². The van der Waals surface area contributed by atoms with Crippen molar-refractivity contribution in [1.82, 2.24) is 5.32 Å². The molecule has 1 aliphatic rings. The number of carbonyl (C=O) groups excluding carboxylic acids is 1. The number of amides is 1. The average Bonchev–Trinajstić information content (AvgIpc) is 2.37. The molecule has 3 heteroatoms. The Morgan fingerprint density at radius 2 is 1.84 bits per heavy atom. The number of fused-ring (bicyclic) bond motifs is 1. The highest BCUT2D eigenvalue weighted by Gasteiger charge is 2.16. The summed E-state index contributed by atoms with van der Waals surface area (Å²) in [6.45, 7) is 5.68. The van der Waals surface area contributed by atoms with Crippen molar-refractivity contribution in [1.29, 1.82) is 0 Å². The van der Waals surface area contributed by atoms with Gasteiger partial charge in [-0.15, -0.1) is 0 Å². The van der Waals surface area contributed by atoms with Crippen LogP contribution >= 0.6 is 0 Å². The van der Waals surface area contributed by atoms with Crippen molar-refractivity contribution in [3.8, 4) is 5.75 Å². The molecule has 0 aromatic heterocycles. The summed E-state index contributed by atoms with van der Waals surface area (Å²) in [5.41, 5.74) is 2.80. The van der Waals surface area contributed by atoms with Crippen molar-refractivity contribution in [3.63, 3.8) is 0 Å². The van der Waals surface area contributed by atoms with Crippen molar-refractivity contribution in [3.05, 3.63) is 29.3 Å². The summed E-state index contributed by atoms with van der Waals surface area (Å²) in [7, 11) is 0. The number of nitrogens with one attached hydrogen (secondary N) is 1. The van der Waals surface area contributed by atoms with E-state index in [9.17, 15) is 4.79 Å². The minimum Gasteiger partial charge on any atom is -0.481 e. The predicted molar refractivity (Wildman–Crippen MR) is 76.5 cm³/mol. The summed E-state index contributed by atoms with van der Waals surface area (Å²) in [6.07, 6.45) is 4.36.